The van der Waals surface area contributed by atoms with Crippen LogP contribution in [0.15, 0.2) is 35.7 Å². The highest BCUT2D eigenvalue weighted by atomic mass is 32.1. The van der Waals surface area contributed by atoms with Crippen molar-refractivity contribution in [3.05, 3.63) is 35.7 Å². The van der Waals surface area contributed by atoms with Crippen molar-refractivity contribution in [2.24, 2.45) is 0 Å². The number of aromatic nitrogens is 1. The Bertz CT molecular complexity index is 880. The van der Waals surface area contributed by atoms with E-state index in [4.69, 9.17) is 9.47 Å². The number of esters is 2. The summed E-state index contributed by atoms with van der Waals surface area (Å²) in [4.78, 5) is 30.6. The van der Waals surface area contributed by atoms with Gasteiger partial charge >= 0.3 is 17.8 Å². The Morgan fingerprint density at radius 2 is 1.85 bits per heavy atom. The van der Waals surface area contributed by atoms with Crippen LogP contribution in [-0.2, 0) is 19.1 Å². The molecule has 27 heavy (non-hydrogen) atoms. The quantitative estimate of drug-likeness (QED) is 0.713. The summed E-state index contributed by atoms with van der Waals surface area (Å²) in [5.74, 6) is -1.71. The van der Waals surface area contributed by atoms with Gasteiger partial charge in [-0.3, -0.25) is 0 Å². The fraction of sp³-hybridized carbons (Fsp3) is 0.389. The largest absolute Gasteiger partial charge is 0.403 e. The van der Waals surface area contributed by atoms with E-state index < -0.39 is 17.8 Å². The summed E-state index contributed by atoms with van der Waals surface area (Å²) in [6.07, 6.45) is 4.04. The number of rotatable bonds is 2. The van der Waals surface area contributed by atoms with Crippen molar-refractivity contribution in [2.75, 3.05) is 24.5 Å². The summed E-state index contributed by atoms with van der Waals surface area (Å²) in [7, 11) is 0. The number of fused-ring (bicyclic) bond motifs is 3. The van der Waals surface area contributed by atoms with E-state index in [-0.39, 0.29) is 12.6 Å². The molecule has 0 radical (unpaired) electrons. The molecule has 140 valence electrons. The van der Waals surface area contributed by atoms with Gasteiger partial charge in [-0.2, -0.15) is 4.37 Å². The van der Waals surface area contributed by atoms with Crippen LogP contribution < -0.4 is 4.90 Å². The highest BCUT2D eigenvalue weighted by molar-refractivity contribution is 7.18. The van der Waals surface area contributed by atoms with Crippen LogP contribution in [0.4, 0.5) is 5.82 Å². The van der Waals surface area contributed by atoms with Crippen LogP contribution in [0.1, 0.15) is 12.8 Å². The van der Waals surface area contributed by atoms with Gasteiger partial charge in [0.05, 0.1) is 4.88 Å². The Hall–Kier alpha value is -2.23. The average Bonchev–Trinajstić information content (AvgIpc) is 3.29. The Kier molecular flexibility index (Phi) is 4.03. The first-order chi connectivity index (χ1) is 13.1. The normalized spacial score (nSPS) is 26.6. The van der Waals surface area contributed by atoms with Gasteiger partial charge in [0, 0.05) is 42.2 Å². The molecule has 3 saturated heterocycles. The monoisotopic (exact) mass is 403 g/mol. The summed E-state index contributed by atoms with van der Waals surface area (Å²) in [5.41, 5.74) is 0. The maximum atomic E-state index is 12.1. The lowest BCUT2D eigenvalue weighted by Crippen LogP contribution is -2.58. The molecular weight excluding hydrogens is 386 g/mol. The van der Waals surface area contributed by atoms with Crippen molar-refractivity contribution >= 4 is 40.6 Å². The molecule has 0 aromatic carbocycles. The number of piperidine rings is 1. The highest BCUT2D eigenvalue weighted by Gasteiger charge is 2.52. The van der Waals surface area contributed by atoms with E-state index in [0.717, 1.165) is 35.7 Å². The molecule has 0 atom stereocenters. The number of carbonyl (C=O) groups excluding carboxylic acids is 2. The molecule has 2 aromatic heterocycles. The topological polar surface area (TPSA) is 72.0 Å². The van der Waals surface area contributed by atoms with Crippen molar-refractivity contribution in [1.29, 1.82) is 0 Å². The Balaban J connectivity index is 1.51. The predicted octanol–water partition coefficient (Wildman–Crippen LogP) is 2.47. The van der Waals surface area contributed by atoms with E-state index in [0.29, 0.717) is 13.1 Å². The molecule has 6 heterocycles. The van der Waals surface area contributed by atoms with Gasteiger partial charge in [-0.15, -0.1) is 11.3 Å². The fourth-order valence-corrected chi connectivity index (χ4v) is 5.46. The second-order valence-electron chi connectivity index (χ2n) is 6.76. The van der Waals surface area contributed by atoms with Crippen molar-refractivity contribution in [1.82, 2.24) is 9.27 Å². The Morgan fingerprint density at radius 1 is 1.11 bits per heavy atom. The average molecular weight is 403 g/mol. The molecule has 0 N–H and O–H groups in total. The van der Waals surface area contributed by atoms with Crippen molar-refractivity contribution in [3.8, 4) is 9.75 Å². The molecule has 0 amide bonds. The van der Waals surface area contributed by atoms with E-state index in [1.165, 1.54) is 16.4 Å². The summed E-state index contributed by atoms with van der Waals surface area (Å²) in [6.45, 7) is 1.65. The minimum absolute atomic E-state index is 0.254. The van der Waals surface area contributed by atoms with Gasteiger partial charge in [-0.25, -0.2) is 14.5 Å². The minimum Gasteiger partial charge on any atom is -0.403 e. The van der Waals surface area contributed by atoms with E-state index in [9.17, 15) is 9.59 Å². The van der Waals surface area contributed by atoms with Gasteiger partial charge in [-0.1, -0.05) is 6.07 Å². The molecule has 0 aliphatic carbocycles. The number of thiophene rings is 1. The molecule has 1 spiro atoms. The molecule has 9 heteroatoms. The van der Waals surface area contributed by atoms with Crippen molar-refractivity contribution in [2.45, 2.75) is 24.8 Å². The van der Waals surface area contributed by atoms with Gasteiger partial charge in [0.15, 0.2) is 0 Å². The van der Waals surface area contributed by atoms with Crippen LogP contribution in [0.25, 0.3) is 9.75 Å². The summed E-state index contributed by atoms with van der Waals surface area (Å²) in [6, 6.07) is 6.43. The summed E-state index contributed by atoms with van der Waals surface area (Å²) in [5, 5.41) is 2.04. The molecule has 2 bridgehead atoms. The summed E-state index contributed by atoms with van der Waals surface area (Å²) < 4.78 is 15.9. The molecular formula is C18H17N3O4S2. The third kappa shape index (κ3) is 2.95. The van der Waals surface area contributed by atoms with Gasteiger partial charge in [-0.05, 0) is 35.8 Å². The SMILES string of the molecule is O=C1C=CC(=O)OC2(CN(c3cc(-c4cccs4)sn3)C3CCN2CC3)O1. The number of carbonyl (C=O) groups is 2. The third-order valence-electron chi connectivity index (χ3n) is 5.19. The van der Waals surface area contributed by atoms with Crippen LogP contribution in [-0.4, -0.2) is 52.8 Å². The van der Waals surface area contributed by atoms with Crippen LogP contribution in [0, 0.1) is 0 Å². The number of ether oxygens (including phenoxy) is 2. The lowest BCUT2D eigenvalue weighted by atomic mass is 10.1. The van der Waals surface area contributed by atoms with E-state index >= 15 is 0 Å². The first-order valence-electron chi connectivity index (χ1n) is 8.79. The van der Waals surface area contributed by atoms with Crippen LogP contribution in [0.2, 0.25) is 0 Å². The zero-order valence-corrected chi connectivity index (χ0v) is 16.0. The maximum absolute atomic E-state index is 12.1. The fourth-order valence-electron chi connectivity index (χ4n) is 3.90. The molecule has 0 unspecified atom stereocenters. The van der Waals surface area contributed by atoms with Crippen LogP contribution >= 0.6 is 22.9 Å². The number of hydrogen-bond donors (Lipinski definition) is 0. The zero-order valence-electron chi connectivity index (χ0n) is 14.4. The smallest absolute Gasteiger partial charge is 0.339 e. The molecule has 6 rings (SSSR count). The van der Waals surface area contributed by atoms with E-state index in [1.807, 2.05) is 16.3 Å². The molecule has 0 saturated carbocycles. The number of anilines is 1. The lowest BCUT2D eigenvalue weighted by molar-refractivity contribution is -0.274. The molecule has 3 fully saturated rings. The zero-order chi connectivity index (χ0) is 18.4. The Labute approximate surface area is 164 Å². The van der Waals surface area contributed by atoms with Gasteiger partial charge < -0.3 is 14.4 Å². The van der Waals surface area contributed by atoms with Crippen molar-refractivity contribution < 1.29 is 19.1 Å². The summed E-state index contributed by atoms with van der Waals surface area (Å²) >= 11 is 3.13. The van der Waals surface area contributed by atoms with Crippen LogP contribution in [0.5, 0.6) is 0 Å². The standard InChI is InChI=1S/C18H17N3O4S2/c22-16-3-4-17(23)25-18(24-16)11-21(12-5-7-20(18)8-6-12)15-10-14(27-19-15)13-2-1-9-26-13/h1-4,9-10,12H,5-8,11H2. The van der Waals surface area contributed by atoms with Crippen molar-refractivity contribution in [3.63, 3.8) is 0 Å². The molecule has 4 aliphatic rings. The lowest BCUT2D eigenvalue weighted by Gasteiger charge is -2.39. The van der Waals surface area contributed by atoms with E-state index in [1.54, 1.807) is 11.3 Å². The first-order valence-corrected chi connectivity index (χ1v) is 10.4. The predicted molar refractivity (Wildman–Crippen MR) is 101 cm³/mol. The second kappa shape index (κ2) is 6.43. The van der Waals surface area contributed by atoms with Crippen LogP contribution in [0.3, 0.4) is 0 Å². The minimum atomic E-state index is -1.41. The van der Waals surface area contributed by atoms with Gasteiger partial charge in [0.25, 0.3) is 0 Å². The number of nitrogens with zero attached hydrogens (tertiary/aromatic N) is 3. The number of hydrogen-bond acceptors (Lipinski definition) is 9. The second-order valence-corrected chi connectivity index (χ2v) is 8.51. The Morgan fingerprint density at radius 3 is 2.52 bits per heavy atom. The first kappa shape index (κ1) is 16.9. The maximum Gasteiger partial charge on any atom is 0.339 e. The molecule has 2 aromatic rings. The van der Waals surface area contributed by atoms with E-state index in [2.05, 4.69) is 21.4 Å². The van der Waals surface area contributed by atoms with Gasteiger partial charge in [0.1, 0.15) is 12.4 Å². The molecule has 7 nitrogen and oxygen atoms in total. The highest BCUT2D eigenvalue weighted by Crippen LogP contribution is 2.39. The molecule has 4 aliphatic heterocycles. The van der Waals surface area contributed by atoms with Gasteiger partial charge in [0.2, 0.25) is 0 Å². The third-order valence-corrected chi connectivity index (χ3v) is 7.03.